The lowest BCUT2D eigenvalue weighted by Crippen LogP contribution is -2.29. The zero-order valence-electron chi connectivity index (χ0n) is 13.4. The van der Waals surface area contributed by atoms with Gasteiger partial charge in [0.15, 0.2) is 0 Å². The minimum Gasteiger partial charge on any atom is -0.478 e. The van der Waals surface area contributed by atoms with E-state index in [4.69, 9.17) is 4.74 Å². The van der Waals surface area contributed by atoms with Gasteiger partial charge in [-0.2, -0.15) is 0 Å². The number of hydrogen-bond donors (Lipinski definition) is 1. The van der Waals surface area contributed by atoms with Gasteiger partial charge in [-0.3, -0.25) is 0 Å². The van der Waals surface area contributed by atoms with Crippen LogP contribution in [0.3, 0.4) is 0 Å². The van der Waals surface area contributed by atoms with Crippen LogP contribution in [0.4, 0.5) is 0 Å². The fourth-order valence-electron chi connectivity index (χ4n) is 3.37. The predicted octanol–water partition coefficient (Wildman–Crippen LogP) is 4.27. The quantitative estimate of drug-likeness (QED) is 0.853. The summed E-state index contributed by atoms with van der Waals surface area (Å²) >= 11 is 0. The van der Waals surface area contributed by atoms with E-state index < -0.39 is 11.9 Å². The first-order valence-electron chi connectivity index (χ1n) is 8.25. The van der Waals surface area contributed by atoms with Crippen molar-refractivity contribution in [2.24, 2.45) is 0 Å². The van der Waals surface area contributed by atoms with Crippen LogP contribution >= 0.6 is 0 Å². The van der Waals surface area contributed by atoms with Gasteiger partial charge in [-0.05, 0) is 37.0 Å². The van der Waals surface area contributed by atoms with E-state index in [-0.39, 0.29) is 23.1 Å². The van der Waals surface area contributed by atoms with Crippen LogP contribution in [0, 0.1) is 0 Å². The van der Waals surface area contributed by atoms with Crippen LogP contribution in [0.25, 0.3) is 0 Å². The van der Waals surface area contributed by atoms with Crippen LogP contribution in [-0.2, 0) is 4.74 Å². The highest BCUT2D eigenvalue weighted by Crippen LogP contribution is 2.35. The Morgan fingerprint density at radius 3 is 2.21 bits per heavy atom. The maximum Gasteiger partial charge on any atom is 0.339 e. The molecular weight excluding hydrogens is 304 g/mol. The number of carboxylic acid groups (broad SMARTS) is 1. The van der Waals surface area contributed by atoms with Gasteiger partial charge in [-0.1, -0.05) is 48.9 Å². The van der Waals surface area contributed by atoms with Crippen molar-refractivity contribution in [3.05, 3.63) is 71.3 Å². The first-order chi connectivity index (χ1) is 11.7. The van der Waals surface area contributed by atoms with Gasteiger partial charge < -0.3 is 9.84 Å². The van der Waals surface area contributed by atoms with Crippen molar-refractivity contribution >= 4 is 11.9 Å². The SMILES string of the molecule is O=C(O)c1ccccc1C(=O)O[C@@H]1CCCC[C@H]1c1ccccc1. The number of esters is 1. The summed E-state index contributed by atoms with van der Waals surface area (Å²) in [7, 11) is 0. The van der Waals surface area contributed by atoms with Crippen molar-refractivity contribution in [2.45, 2.75) is 37.7 Å². The molecule has 2 aromatic carbocycles. The maximum atomic E-state index is 12.5. The van der Waals surface area contributed by atoms with Gasteiger partial charge in [0, 0.05) is 5.92 Å². The fraction of sp³-hybridized carbons (Fsp3) is 0.300. The number of carbonyl (C=O) groups is 2. The third-order valence-electron chi connectivity index (χ3n) is 4.57. The van der Waals surface area contributed by atoms with E-state index in [1.807, 2.05) is 18.2 Å². The molecular formula is C20H20O4. The Morgan fingerprint density at radius 1 is 0.875 bits per heavy atom. The second-order valence-corrected chi connectivity index (χ2v) is 6.10. The van der Waals surface area contributed by atoms with Gasteiger partial charge in [0.2, 0.25) is 0 Å². The van der Waals surface area contributed by atoms with E-state index in [1.165, 1.54) is 17.7 Å². The molecule has 1 N–H and O–H groups in total. The Balaban J connectivity index is 1.81. The summed E-state index contributed by atoms with van der Waals surface area (Å²) < 4.78 is 5.73. The largest absolute Gasteiger partial charge is 0.478 e. The third kappa shape index (κ3) is 3.48. The minimum atomic E-state index is -1.12. The molecule has 1 fully saturated rings. The smallest absolute Gasteiger partial charge is 0.339 e. The molecule has 0 amide bonds. The van der Waals surface area contributed by atoms with Crippen molar-refractivity contribution in [1.29, 1.82) is 0 Å². The zero-order chi connectivity index (χ0) is 16.9. The fourth-order valence-corrected chi connectivity index (χ4v) is 3.37. The average molecular weight is 324 g/mol. The van der Waals surface area contributed by atoms with E-state index in [0.29, 0.717) is 0 Å². The molecule has 124 valence electrons. The number of carboxylic acids is 1. The predicted molar refractivity (Wildman–Crippen MR) is 90.3 cm³/mol. The lowest BCUT2D eigenvalue weighted by Gasteiger charge is -2.31. The molecule has 0 aromatic heterocycles. The van der Waals surface area contributed by atoms with E-state index >= 15 is 0 Å². The van der Waals surface area contributed by atoms with E-state index in [9.17, 15) is 14.7 Å². The number of carbonyl (C=O) groups excluding carboxylic acids is 1. The Labute approximate surface area is 141 Å². The van der Waals surface area contributed by atoms with Crippen LogP contribution in [0.1, 0.15) is 57.9 Å². The van der Waals surface area contributed by atoms with Crippen LogP contribution in [0.15, 0.2) is 54.6 Å². The number of aromatic carboxylic acids is 1. The molecule has 0 bridgehead atoms. The molecule has 1 aliphatic rings. The first kappa shape index (κ1) is 16.2. The van der Waals surface area contributed by atoms with Crippen LogP contribution < -0.4 is 0 Å². The third-order valence-corrected chi connectivity index (χ3v) is 4.57. The van der Waals surface area contributed by atoms with Crippen molar-refractivity contribution in [2.75, 3.05) is 0 Å². The molecule has 0 unspecified atom stereocenters. The highest BCUT2D eigenvalue weighted by molar-refractivity contribution is 6.02. The Kier molecular flexibility index (Phi) is 4.94. The molecule has 0 aliphatic heterocycles. The molecule has 0 radical (unpaired) electrons. The molecule has 1 aliphatic carbocycles. The van der Waals surface area contributed by atoms with Crippen LogP contribution in [-0.4, -0.2) is 23.1 Å². The van der Waals surface area contributed by atoms with E-state index in [0.717, 1.165) is 25.7 Å². The maximum absolute atomic E-state index is 12.5. The number of ether oxygens (including phenoxy) is 1. The van der Waals surface area contributed by atoms with Crippen LogP contribution in [0.2, 0.25) is 0 Å². The van der Waals surface area contributed by atoms with Gasteiger partial charge in [0.25, 0.3) is 0 Å². The summed E-state index contributed by atoms with van der Waals surface area (Å²) in [4.78, 5) is 23.8. The number of benzene rings is 2. The standard InChI is InChI=1S/C20H20O4/c21-19(22)16-11-4-5-12-17(16)20(23)24-18-13-7-6-10-15(18)14-8-2-1-3-9-14/h1-5,8-9,11-12,15,18H,6-7,10,13H2,(H,21,22)/t15-,18+/m0/s1. The van der Waals surface area contributed by atoms with E-state index in [1.54, 1.807) is 12.1 Å². The molecule has 0 saturated heterocycles. The highest BCUT2D eigenvalue weighted by Gasteiger charge is 2.30. The Hall–Kier alpha value is -2.62. The molecule has 4 nitrogen and oxygen atoms in total. The molecule has 2 aromatic rings. The van der Waals surface area contributed by atoms with Crippen LogP contribution in [0.5, 0.6) is 0 Å². The molecule has 1 saturated carbocycles. The zero-order valence-corrected chi connectivity index (χ0v) is 13.4. The van der Waals surface area contributed by atoms with Crippen molar-refractivity contribution in [3.63, 3.8) is 0 Å². The van der Waals surface area contributed by atoms with Crippen molar-refractivity contribution < 1.29 is 19.4 Å². The summed E-state index contributed by atoms with van der Waals surface area (Å²) in [6, 6.07) is 16.2. The number of hydrogen-bond acceptors (Lipinski definition) is 3. The summed E-state index contributed by atoms with van der Waals surface area (Å²) in [6.45, 7) is 0. The van der Waals surface area contributed by atoms with Gasteiger partial charge in [-0.25, -0.2) is 9.59 Å². The molecule has 3 rings (SSSR count). The molecule has 2 atom stereocenters. The van der Waals surface area contributed by atoms with E-state index in [2.05, 4.69) is 12.1 Å². The summed E-state index contributed by atoms with van der Waals surface area (Å²) in [5.74, 6) is -1.51. The molecule has 0 spiro atoms. The van der Waals surface area contributed by atoms with Gasteiger partial charge in [-0.15, -0.1) is 0 Å². The van der Waals surface area contributed by atoms with Crippen molar-refractivity contribution in [1.82, 2.24) is 0 Å². The minimum absolute atomic E-state index is 0.0189. The summed E-state index contributed by atoms with van der Waals surface area (Å²) in [5.41, 5.74) is 1.26. The molecule has 24 heavy (non-hydrogen) atoms. The van der Waals surface area contributed by atoms with Crippen molar-refractivity contribution in [3.8, 4) is 0 Å². The molecule has 4 heteroatoms. The topological polar surface area (TPSA) is 63.6 Å². The second kappa shape index (κ2) is 7.30. The molecule has 0 heterocycles. The second-order valence-electron chi connectivity index (χ2n) is 6.10. The van der Waals surface area contributed by atoms with Gasteiger partial charge in [0.1, 0.15) is 6.10 Å². The lowest BCUT2D eigenvalue weighted by atomic mass is 9.81. The average Bonchev–Trinajstić information content (AvgIpc) is 2.63. The highest BCUT2D eigenvalue weighted by atomic mass is 16.5. The lowest BCUT2D eigenvalue weighted by molar-refractivity contribution is 0.0138. The normalized spacial score (nSPS) is 20.3. The number of rotatable bonds is 4. The van der Waals surface area contributed by atoms with Gasteiger partial charge >= 0.3 is 11.9 Å². The summed E-state index contributed by atoms with van der Waals surface area (Å²) in [5, 5.41) is 9.24. The van der Waals surface area contributed by atoms with Gasteiger partial charge in [0.05, 0.1) is 11.1 Å². The Bertz CT molecular complexity index is 723. The monoisotopic (exact) mass is 324 g/mol. The summed E-state index contributed by atoms with van der Waals surface area (Å²) in [6.07, 6.45) is 3.69. The first-order valence-corrected chi connectivity index (χ1v) is 8.25. The Morgan fingerprint density at radius 2 is 1.50 bits per heavy atom.